The second-order valence-corrected chi connectivity index (χ2v) is 9.78. The lowest BCUT2D eigenvalue weighted by molar-refractivity contribution is -0.140. The summed E-state index contributed by atoms with van der Waals surface area (Å²) in [6.45, 7) is 5.41. The van der Waals surface area contributed by atoms with E-state index in [0.29, 0.717) is 31.1 Å². The largest absolute Gasteiger partial charge is 0.340 e. The van der Waals surface area contributed by atoms with E-state index in [-0.39, 0.29) is 11.8 Å². The maximum Gasteiger partial charge on any atom is 0.243 e. The number of nitrogens with two attached hydrogens (primary N) is 1. The summed E-state index contributed by atoms with van der Waals surface area (Å²) in [6.07, 6.45) is 3.79. The molecule has 0 bridgehead atoms. The molecular weight excluding hydrogens is 350 g/mol. The lowest BCUT2D eigenvalue weighted by Gasteiger charge is -2.42. The molecule has 1 aliphatic carbocycles. The van der Waals surface area contributed by atoms with Crippen LogP contribution in [-0.2, 0) is 14.8 Å². The summed E-state index contributed by atoms with van der Waals surface area (Å²) in [5, 5.41) is 0. The standard InChI is InChI=1S/C19H29N3O3S/c1-15-6-8-16(9-7-15)26(24,25)22-13-11-21(12-14-22)18(23)17-5-3-4-10-19(17,2)20/h6-9,17H,3-5,10-14,20H2,1-2H3. The van der Waals surface area contributed by atoms with Gasteiger partial charge in [-0.1, -0.05) is 30.5 Å². The molecule has 1 saturated carbocycles. The van der Waals surface area contributed by atoms with Gasteiger partial charge in [-0.2, -0.15) is 4.31 Å². The number of piperazine rings is 1. The molecule has 1 aromatic rings. The van der Waals surface area contributed by atoms with Crippen molar-refractivity contribution in [3.63, 3.8) is 0 Å². The minimum Gasteiger partial charge on any atom is -0.340 e. The number of carbonyl (C=O) groups is 1. The first-order valence-electron chi connectivity index (χ1n) is 9.36. The summed E-state index contributed by atoms with van der Waals surface area (Å²) in [6, 6.07) is 6.89. The molecule has 3 rings (SSSR count). The topological polar surface area (TPSA) is 83.7 Å². The lowest BCUT2D eigenvalue weighted by Crippen LogP contribution is -2.57. The fourth-order valence-corrected chi connectivity index (χ4v) is 5.41. The van der Waals surface area contributed by atoms with Crippen LogP contribution in [0, 0.1) is 12.8 Å². The van der Waals surface area contributed by atoms with E-state index in [1.165, 1.54) is 4.31 Å². The highest BCUT2D eigenvalue weighted by Gasteiger charge is 2.41. The van der Waals surface area contributed by atoms with Crippen LogP contribution in [0.3, 0.4) is 0 Å². The average Bonchev–Trinajstić information content (AvgIpc) is 2.61. The third kappa shape index (κ3) is 3.80. The lowest BCUT2D eigenvalue weighted by atomic mass is 9.74. The quantitative estimate of drug-likeness (QED) is 0.867. The molecule has 2 fully saturated rings. The van der Waals surface area contributed by atoms with E-state index < -0.39 is 15.6 Å². The Hall–Kier alpha value is -1.44. The number of amides is 1. The van der Waals surface area contributed by atoms with Gasteiger partial charge in [-0.3, -0.25) is 4.79 Å². The van der Waals surface area contributed by atoms with Crippen molar-refractivity contribution < 1.29 is 13.2 Å². The third-order valence-electron chi connectivity index (χ3n) is 5.76. The van der Waals surface area contributed by atoms with Gasteiger partial charge >= 0.3 is 0 Å². The number of benzene rings is 1. The van der Waals surface area contributed by atoms with Crippen molar-refractivity contribution in [3.8, 4) is 0 Å². The van der Waals surface area contributed by atoms with Crippen molar-refractivity contribution >= 4 is 15.9 Å². The average molecular weight is 380 g/mol. The van der Waals surface area contributed by atoms with Crippen LogP contribution in [0.15, 0.2) is 29.2 Å². The molecule has 7 heteroatoms. The Bertz CT molecular complexity index is 751. The minimum atomic E-state index is -3.50. The van der Waals surface area contributed by atoms with Crippen LogP contribution in [0.4, 0.5) is 0 Å². The van der Waals surface area contributed by atoms with Crippen molar-refractivity contribution in [1.82, 2.24) is 9.21 Å². The van der Waals surface area contributed by atoms with E-state index in [4.69, 9.17) is 5.73 Å². The monoisotopic (exact) mass is 379 g/mol. The Morgan fingerprint density at radius 2 is 1.73 bits per heavy atom. The maximum absolute atomic E-state index is 12.9. The Morgan fingerprint density at radius 3 is 2.31 bits per heavy atom. The van der Waals surface area contributed by atoms with Crippen LogP contribution in [0.1, 0.15) is 38.2 Å². The molecule has 2 aliphatic rings. The van der Waals surface area contributed by atoms with Gasteiger partial charge in [-0.25, -0.2) is 8.42 Å². The maximum atomic E-state index is 12.9. The number of rotatable bonds is 3. The molecule has 2 N–H and O–H groups in total. The summed E-state index contributed by atoms with van der Waals surface area (Å²) in [4.78, 5) is 15.0. The van der Waals surface area contributed by atoms with E-state index in [1.54, 1.807) is 29.2 Å². The number of carbonyl (C=O) groups excluding carboxylic acids is 1. The first-order chi connectivity index (χ1) is 12.2. The molecular formula is C19H29N3O3S. The fourth-order valence-electron chi connectivity index (χ4n) is 3.99. The number of hydrogen-bond donors (Lipinski definition) is 1. The summed E-state index contributed by atoms with van der Waals surface area (Å²) >= 11 is 0. The van der Waals surface area contributed by atoms with E-state index >= 15 is 0 Å². The molecule has 26 heavy (non-hydrogen) atoms. The van der Waals surface area contributed by atoms with Gasteiger partial charge in [0.15, 0.2) is 0 Å². The zero-order valence-electron chi connectivity index (χ0n) is 15.6. The van der Waals surface area contributed by atoms with Crippen molar-refractivity contribution in [2.45, 2.75) is 50.0 Å². The van der Waals surface area contributed by atoms with Crippen molar-refractivity contribution in [2.75, 3.05) is 26.2 Å². The molecule has 2 unspecified atom stereocenters. The molecule has 1 aliphatic heterocycles. The molecule has 6 nitrogen and oxygen atoms in total. The van der Waals surface area contributed by atoms with Crippen LogP contribution in [0.5, 0.6) is 0 Å². The Morgan fingerprint density at radius 1 is 1.12 bits per heavy atom. The highest BCUT2D eigenvalue weighted by atomic mass is 32.2. The molecule has 0 radical (unpaired) electrons. The Labute approximate surface area is 156 Å². The van der Waals surface area contributed by atoms with Crippen molar-refractivity contribution in [3.05, 3.63) is 29.8 Å². The summed E-state index contributed by atoms with van der Waals surface area (Å²) in [5.41, 5.74) is 6.93. The van der Waals surface area contributed by atoms with Gasteiger partial charge < -0.3 is 10.6 Å². The van der Waals surface area contributed by atoms with Gasteiger partial charge in [-0.15, -0.1) is 0 Å². The van der Waals surface area contributed by atoms with Crippen LogP contribution in [0.2, 0.25) is 0 Å². The highest BCUT2D eigenvalue weighted by molar-refractivity contribution is 7.89. The smallest absolute Gasteiger partial charge is 0.243 e. The van der Waals surface area contributed by atoms with Crippen LogP contribution < -0.4 is 5.73 Å². The molecule has 2 atom stereocenters. The first-order valence-corrected chi connectivity index (χ1v) is 10.8. The second kappa shape index (κ2) is 7.29. The zero-order chi connectivity index (χ0) is 18.9. The minimum absolute atomic E-state index is 0.0853. The summed E-state index contributed by atoms with van der Waals surface area (Å²) in [7, 11) is -3.50. The fraction of sp³-hybridized carbons (Fsp3) is 0.632. The second-order valence-electron chi connectivity index (χ2n) is 7.85. The van der Waals surface area contributed by atoms with Gasteiger partial charge in [0, 0.05) is 31.7 Å². The Balaban J connectivity index is 1.65. The number of sulfonamides is 1. The molecule has 0 spiro atoms. The summed E-state index contributed by atoms with van der Waals surface area (Å²) < 4.78 is 27.0. The zero-order valence-corrected chi connectivity index (χ0v) is 16.5. The molecule has 1 saturated heterocycles. The molecule has 144 valence electrons. The first kappa shape index (κ1) is 19.3. The normalized spacial score (nSPS) is 28.1. The Kier molecular flexibility index (Phi) is 5.42. The van der Waals surface area contributed by atoms with E-state index in [1.807, 2.05) is 13.8 Å². The van der Waals surface area contributed by atoms with Gasteiger partial charge in [-0.05, 0) is 38.8 Å². The van der Waals surface area contributed by atoms with Gasteiger partial charge in [0.05, 0.1) is 10.8 Å². The van der Waals surface area contributed by atoms with Crippen LogP contribution >= 0.6 is 0 Å². The SMILES string of the molecule is Cc1ccc(S(=O)(=O)N2CCN(C(=O)C3CCCCC3(C)N)CC2)cc1. The van der Waals surface area contributed by atoms with Gasteiger partial charge in [0.25, 0.3) is 0 Å². The predicted octanol–water partition coefficient (Wildman–Crippen LogP) is 1.74. The van der Waals surface area contributed by atoms with Gasteiger partial charge in [0.1, 0.15) is 0 Å². The van der Waals surface area contributed by atoms with Crippen LogP contribution in [0.25, 0.3) is 0 Å². The number of hydrogen-bond acceptors (Lipinski definition) is 4. The van der Waals surface area contributed by atoms with E-state index in [9.17, 15) is 13.2 Å². The molecule has 1 aromatic carbocycles. The predicted molar refractivity (Wildman–Crippen MR) is 101 cm³/mol. The van der Waals surface area contributed by atoms with Crippen molar-refractivity contribution in [2.24, 2.45) is 11.7 Å². The third-order valence-corrected chi connectivity index (χ3v) is 7.67. The summed E-state index contributed by atoms with van der Waals surface area (Å²) in [5.74, 6) is -0.0708. The molecule has 1 amide bonds. The van der Waals surface area contributed by atoms with E-state index in [0.717, 1.165) is 31.2 Å². The molecule has 1 heterocycles. The van der Waals surface area contributed by atoms with Crippen molar-refractivity contribution in [1.29, 1.82) is 0 Å². The molecule has 0 aromatic heterocycles. The number of nitrogens with zero attached hydrogens (tertiary/aromatic N) is 2. The van der Waals surface area contributed by atoms with Crippen LogP contribution in [-0.4, -0.2) is 55.2 Å². The van der Waals surface area contributed by atoms with E-state index in [2.05, 4.69) is 0 Å². The number of aryl methyl sites for hydroxylation is 1. The van der Waals surface area contributed by atoms with Gasteiger partial charge in [0.2, 0.25) is 15.9 Å². The highest BCUT2D eigenvalue weighted by Crippen LogP contribution is 2.33.